The third-order valence-electron chi connectivity index (χ3n) is 4.87. The highest BCUT2D eigenvalue weighted by atomic mass is 16.5. The molecule has 4 nitrogen and oxygen atoms in total. The molecular weight excluding hydrogens is 254 g/mol. The molecular formula is C16H31NO3. The van der Waals surface area contributed by atoms with Crippen LogP contribution in [0.3, 0.4) is 0 Å². The van der Waals surface area contributed by atoms with Crippen LogP contribution < -0.4 is 5.32 Å². The van der Waals surface area contributed by atoms with Gasteiger partial charge in [-0.25, -0.2) is 0 Å². The first-order valence-electron chi connectivity index (χ1n) is 8.06. The zero-order chi connectivity index (χ0) is 14.3. The van der Waals surface area contributed by atoms with Crippen LogP contribution in [0.1, 0.15) is 32.1 Å². The van der Waals surface area contributed by atoms with Gasteiger partial charge in [-0.1, -0.05) is 0 Å². The molecule has 0 aliphatic heterocycles. The monoisotopic (exact) mass is 285 g/mol. The molecule has 0 bridgehead atoms. The van der Waals surface area contributed by atoms with Crippen molar-refractivity contribution >= 4 is 0 Å². The second-order valence-electron chi connectivity index (χ2n) is 6.54. The van der Waals surface area contributed by atoms with E-state index >= 15 is 0 Å². The zero-order valence-electron chi connectivity index (χ0n) is 13.2. The Morgan fingerprint density at radius 1 is 1.00 bits per heavy atom. The molecule has 0 spiro atoms. The minimum absolute atomic E-state index is 0.534. The fourth-order valence-electron chi connectivity index (χ4n) is 3.76. The van der Waals surface area contributed by atoms with Crippen LogP contribution >= 0.6 is 0 Å². The van der Waals surface area contributed by atoms with Crippen LogP contribution in [0.4, 0.5) is 0 Å². The molecule has 1 N–H and O–H groups in total. The van der Waals surface area contributed by atoms with Gasteiger partial charge < -0.3 is 19.5 Å². The molecule has 2 saturated carbocycles. The fourth-order valence-corrected chi connectivity index (χ4v) is 3.76. The number of fused-ring (bicyclic) bond motifs is 1. The summed E-state index contributed by atoms with van der Waals surface area (Å²) in [5.74, 6) is 2.07. The summed E-state index contributed by atoms with van der Waals surface area (Å²) < 4.78 is 15.7. The third-order valence-corrected chi connectivity index (χ3v) is 4.87. The van der Waals surface area contributed by atoms with Gasteiger partial charge in [-0.15, -0.1) is 0 Å². The molecule has 4 heteroatoms. The summed E-state index contributed by atoms with van der Waals surface area (Å²) in [6, 6.07) is 0. The average molecular weight is 285 g/mol. The predicted octanol–water partition coefficient (Wildman–Crippen LogP) is 2.08. The Morgan fingerprint density at radius 3 is 2.45 bits per heavy atom. The van der Waals surface area contributed by atoms with E-state index in [1.165, 1.54) is 32.1 Å². The van der Waals surface area contributed by atoms with Crippen LogP contribution in [0.2, 0.25) is 0 Å². The molecule has 2 aliphatic rings. The molecule has 2 aliphatic carbocycles. The second kappa shape index (κ2) is 8.32. The summed E-state index contributed by atoms with van der Waals surface area (Å²) in [5.41, 5.74) is 0.534. The van der Waals surface area contributed by atoms with Crippen LogP contribution in [0.5, 0.6) is 0 Å². The third kappa shape index (κ3) is 4.99. The van der Waals surface area contributed by atoms with E-state index in [1.807, 2.05) is 0 Å². The van der Waals surface area contributed by atoms with Crippen molar-refractivity contribution < 1.29 is 14.2 Å². The maximum Gasteiger partial charge on any atom is 0.0700 e. The van der Waals surface area contributed by atoms with E-state index < -0.39 is 0 Å². The van der Waals surface area contributed by atoms with Gasteiger partial charge in [0, 0.05) is 33.9 Å². The standard InChI is InChI=1S/C16H31NO3/c1-18-7-5-17-13-16(11-14-10-15(14)12-16)4-3-6-20-9-8-19-2/h14-15,17H,3-13H2,1-2H3. The fraction of sp³-hybridized carbons (Fsp3) is 1.00. The zero-order valence-corrected chi connectivity index (χ0v) is 13.2. The molecule has 2 fully saturated rings. The number of nitrogens with one attached hydrogen (secondary N) is 1. The van der Waals surface area contributed by atoms with Crippen molar-refractivity contribution in [1.82, 2.24) is 5.32 Å². The Balaban J connectivity index is 1.62. The minimum atomic E-state index is 0.534. The van der Waals surface area contributed by atoms with Gasteiger partial charge in [0.25, 0.3) is 0 Å². The number of rotatable bonds is 12. The highest BCUT2D eigenvalue weighted by molar-refractivity contribution is 5.04. The summed E-state index contributed by atoms with van der Waals surface area (Å²) in [5, 5.41) is 3.59. The lowest BCUT2D eigenvalue weighted by atomic mass is 9.78. The SMILES string of the molecule is COCCNCC1(CCCOCCOC)CC2CC2C1. The van der Waals surface area contributed by atoms with Gasteiger partial charge in [0.05, 0.1) is 19.8 Å². The smallest absolute Gasteiger partial charge is 0.0700 e. The van der Waals surface area contributed by atoms with E-state index in [4.69, 9.17) is 14.2 Å². The van der Waals surface area contributed by atoms with Gasteiger partial charge in [0.1, 0.15) is 0 Å². The Kier molecular flexibility index (Phi) is 6.75. The van der Waals surface area contributed by atoms with Gasteiger partial charge in [0.2, 0.25) is 0 Å². The summed E-state index contributed by atoms with van der Waals surface area (Å²) in [6.45, 7) is 5.23. The van der Waals surface area contributed by atoms with Crippen molar-refractivity contribution in [1.29, 1.82) is 0 Å². The summed E-state index contributed by atoms with van der Waals surface area (Å²) in [7, 11) is 3.48. The average Bonchev–Trinajstić information content (AvgIpc) is 3.07. The van der Waals surface area contributed by atoms with Gasteiger partial charge in [-0.05, 0) is 49.4 Å². The van der Waals surface area contributed by atoms with Crippen molar-refractivity contribution in [3.05, 3.63) is 0 Å². The molecule has 0 amide bonds. The van der Waals surface area contributed by atoms with Gasteiger partial charge in [-0.3, -0.25) is 0 Å². The Morgan fingerprint density at radius 2 is 1.75 bits per heavy atom. The van der Waals surface area contributed by atoms with Crippen molar-refractivity contribution in [3.8, 4) is 0 Å². The maximum absolute atomic E-state index is 5.59. The van der Waals surface area contributed by atoms with E-state index in [-0.39, 0.29) is 0 Å². The Hall–Kier alpha value is -0.160. The molecule has 2 unspecified atom stereocenters. The van der Waals surface area contributed by atoms with Gasteiger partial charge in [-0.2, -0.15) is 0 Å². The lowest BCUT2D eigenvalue weighted by molar-refractivity contribution is 0.0624. The molecule has 0 aromatic rings. The molecule has 0 aromatic carbocycles. The molecule has 0 aromatic heterocycles. The largest absolute Gasteiger partial charge is 0.383 e. The van der Waals surface area contributed by atoms with Crippen LogP contribution in [0.15, 0.2) is 0 Å². The molecule has 0 heterocycles. The van der Waals surface area contributed by atoms with E-state index in [0.29, 0.717) is 12.0 Å². The predicted molar refractivity (Wildman–Crippen MR) is 79.9 cm³/mol. The summed E-state index contributed by atoms with van der Waals surface area (Å²) >= 11 is 0. The molecule has 0 radical (unpaired) electrons. The number of methoxy groups -OCH3 is 2. The minimum Gasteiger partial charge on any atom is -0.383 e. The van der Waals surface area contributed by atoms with E-state index in [1.54, 1.807) is 14.2 Å². The first-order chi connectivity index (χ1) is 9.79. The van der Waals surface area contributed by atoms with Crippen LogP contribution in [-0.2, 0) is 14.2 Å². The van der Waals surface area contributed by atoms with Crippen LogP contribution in [0.25, 0.3) is 0 Å². The first kappa shape index (κ1) is 16.2. The molecule has 2 rings (SSSR count). The van der Waals surface area contributed by atoms with Crippen molar-refractivity contribution in [3.63, 3.8) is 0 Å². The lowest BCUT2D eigenvalue weighted by Crippen LogP contribution is -2.35. The summed E-state index contributed by atoms with van der Waals surface area (Å²) in [4.78, 5) is 0. The molecule has 20 heavy (non-hydrogen) atoms. The van der Waals surface area contributed by atoms with Crippen molar-refractivity contribution in [2.45, 2.75) is 32.1 Å². The Labute approximate surface area is 123 Å². The number of hydrogen-bond acceptors (Lipinski definition) is 4. The normalized spacial score (nSPS) is 31.5. The first-order valence-corrected chi connectivity index (χ1v) is 8.06. The molecule has 0 saturated heterocycles. The summed E-state index contributed by atoms with van der Waals surface area (Å²) in [6.07, 6.45) is 6.82. The van der Waals surface area contributed by atoms with Gasteiger partial charge >= 0.3 is 0 Å². The van der Waals surface area contributed by atoms with Crippen molar-refractivity contribution in [2.75, 3.05) is 53.7 Å². The van der Waals surface area contributed by atoms with E-state index in [0.717, 1.165) is 44.7 Å². The van der Waals surface area contributed by atoms with E-state index in [9.17, 15) is 0 Å². The van der Waals surface area contributed by atoms with Crippen LogP contribution in [0, 0.1) is 17.3 Å². The molecule has 118 valence electrons. The number of ether oxygens (including phenoxy) is 3. The highest BCUT2D eigenvalue weighted by Crippen LogP contribution is 2.61. The lowest BCUT2D eigenvalue weighted by Gasteiger charge is -2.31. The highest BCUT2D eigenvalue weighted by Gasteiger charge is 2.52. The van der Waals surface area contributed by atoms with Gasteiger partial charge in [0.15, 0.2) is 0 Å². The topological polar surface area (TPSA) is 39.7 Å². The van der Waals surface area contributed by atoms with Crippen molar-refractivity contribution in [2.24, 2.45) is 17.3 Å². The van der Waals surface area contributed by atoms with Crippen LogP contribution in [-0.4, -0.2) is 53.7 Å². The maximum atomic E-state index is 5.59. The second-order valence-corrected chi connectivity index (χ2v) is 6.54. The van der Waals surface area contributed by atoms with E-state index in [2.05, 4.69) is 5.32 Å². The molecule has 2 atom stereocenters. The Bertz CT molecular complexity index is 262. The number of hydrogen-bond donors (Lipinski definition) is 1. The quantitative estimate of drug-likeness (QED) is 0.557.